The van der Waals surface area contributed by atoms with Crippen molar-refractivity contribution >= 4 is 11.9 Å². The molecular weight excluding hydrogens is 600 g/mol. The maximum atomic E-state index is 14.1. The number of likely N-dealkylation sites (tertiary alicyclic amines) is 1. The summed E-state index contributed by atoms with van der Waals surface area (Å²) >= 11 is 0. The Balaban J connectivity index is 1.27. The number of esters is 1. The van der Waals surface area contributed by atoms with Crippen molar-refractivity contribution < 1.29 is 24.2 Å². The third-order valence-corrected chi connectivity index (χ3v) is 11.3. The molecule has 2 bridgehead atoms. The molecule has 1 amide bonds. The van der Waals surface area contributed by atoms with Gasteiger partial charge in [0.25, 0.3) is 5.91 Å². The number of benzene rings is 3. The number of carbonyl (C=O) groups is 2. The third kappa shape index (κ3) is 5.54. The number of hydrogen-bond donors (Lipinski definition) is 1. The molecule has 7 nitrogen and oxygen atoms in total. The lowest BCUT2D eigenvalue weighted by Crippen LogP contribution is -2.69. The first-order valence-electron chi connectivity index (χ1n) is 17.5. The number of amides is 1. The van der Waals surface area contributed by atoms with Crippen molar-refractivity contribution in [3.8, 4) is 29.1 Å². The minimum atomic E-state index is -0.461. The third-order valence-electron chi connectivity index (χ3n) is 11.3. The standard InChI is InChI=1S/C41H46N2O5/c1-25(2)24-43(37(46)16-13-30-12-11-26(3)27(4)21-30)33-15-14-32-34-22-31-35(45)23-36(47-28(5)44)39-38(31)41(32,40(33)48-39)18-20-42(34)19-17-29-9-7-6-8-10-29/h6-12,21,23,25,32-34,40,45H,14-15,17-20,22,24H2,1-5H3/t32-,33-,34+,40-,41-/m0/s1. The first-order valence-corrected chi connectivity index (χ1v) is 17.5. The zero-order chi connectivity index (χ0) is 33.7. The molecule has 7 heteroatoms. The Morgan fingerprint density at radius 1 is 1.10 bits per heavy atom. The Labute approximate surface area is 284 Å². The quantitative estimate of drug-likeness (QED) is 0.189. The molecule has 7 rings (SSSR count). The van der Waals surface area contributed by atoms with E-state index in [1.54, 1.807) is 6.07 Å². The van der Waals surface area contributed by atoms with Gasteiger partial charge in [0.15, 0.2) is 11.5 Å². The second-order valence-electron chi connectivity index (χ2n) is 14.7. The first kappa shape index (κ1) is 32.3. The van der Waals surface area contributed by atoms with Crippen LogP contribution in [-0.4, -0.2) is 64.6 Å². The maximum absolute atomic E-state index is 14.1. The molecular formula is C41H46N2O5. The number of hydrogen-bond acceptors (Lipinski definition) is 6. The Kier molecular flexibility index (Phi) is 8.49. The number of rotatable bonds is 7. The van der Waals surface area contributed by atoms with Gasteiger partial charge in [-0.1, -0.05) is 56.2 Å². The topological polar surface area (TPSA) is 79.3 Å². The highest BCUT2D eigenvalue weighted by atomic mass is 16.6. The van der Waals surface area contributed by atoms with E-state index in [0.29, 0.717) is 18.7 Å². The second kappa shape index (κ2) is 12.6. The minimum Gasteiger partial charge on any atom is -0.508 e. The molecule has 1 spiro atoms. The zero-order valence-corrected chi connectivity index (χ0v) is 28.7. The van der Waals surface area contributed by atoms with Crippen LogP contribution in [0.15, 0.2) is 54.6 Å². The van der Waals surface area contributed by atoms with Crippen molar-refractivity contribution in [2.24, 2.45) is 11.8 Å². The monoisotopic (exact) mass is 646 g/mol. The number of nitrogens with zero attached hydrogens (tertiary/aromatic N) is 2. The fourth-order valence-electron chi connectivity index (χ4n) is 9.17. The Morgan fingerprint density at radius 3 is 2.62 bits per heavy atom. The molecule has 0 radical (unpaired) electrons. The summed E-state index contributed by atoms with van der Waals surface area (Å²) in [6, 6.07) is 18.2. The minimum absolute atomic E-state index is 0.151. The van der Waals surface area contributed by atoms with Gasteiger partial charge in [-0.15, -0.1) is 0 Å². The fraction of sp³-hybridized carbons (Fsp3) is 0.463. The lowest BCUT2D eigenvalue weighted by molar-refractivity contribution is -0.137. The van der Waals surface area contributed by atoms with Crippen molar-refractivity contribution in [3.05, 3.63) is 88.0 Å². The summed E-state index contributed by atoms with van der Waals surface area (Å²) in [7, 11) is 0. The predicted octanol–water partition coefficient (Wildman–Crippen LogP) is 6.12. The summed E-state index contributed by atoms with van der Waals surface area (Å²) in [6.45, 7) is 12.1. The Hall–Kier alpha value is -4.28. The molecule has 1 saturated heterocycles. The highest BCUT2D eigenvalue weighted by molar-refractivity contribution is 5.94. The summed E-state index contributed by atoms with van der Waals surface area (Å²) in [5, 5.41) is 11.5. The summed E-state index contributed by atoms with van der Waals surface area (Å²) in [6.07, 6.45) is 3.90. The molecule has 4 aliphatic rings. The van der Waals surface area contributed by atoms with Crippen LogP contribution in [0.25, 0.3) is 0 Å². The summed E-state index contributed by atoms with van der Waals surface area (Å²) in [4.78, 5) is 30.9. The van der Waals surface area contributed by atoms with Gasteiger partial charge in [0.2, 0.25) is 0 Å². The van der Waals surface area contributed by atoms with Gasteiger partial charge >= 0.3 is 5.97 Å². The van der Waals surface area contributed by atoms with Crippen molar-refractivity contribution in [1.29, 1.82) is 0 Å². The average molecular weight is 647 g/mol. The number of ether oxygens (including phenoxy) is 2. The first-order chi connectivity index (χ1) is 23.1. The van der Waals surface area contributed by atoms with Crippen molar-refractivity contribution in [2.45, 2.75) is 90.3 Å². The summed E-state index contributed by atoms with van der Waals surface area (Å²) in [5.74, 6) is 6.96. The van der Waals surface area contributed by atoms with Gasteiger partial charge in [0.05, 0.1) is 6.04 Å². The second-order valence-corrected chi connectivity index (χ2v) is 14.7. The zero-order valence-electron chi connectivity index (χ0n) is 28.7. The van der Waals surface area contributed by atoms with Gasteiger partial charge in [0, 0.05) is 60.1 Å². The smallest absolute Gasteiger partial charge is 0.308 e. The Morgan fingerprint density at radius 2 is 1.90 bits per heavy atom. The summed E-state index contributed by atoms with van der Waals surface area (Å²) in [5.41, 5.74) is 5.96. The van der Waals surface area contributed by atoms with Crippen molar-refractivity contribution in [1.82, 2.24) is 9.80 Å². The van der Waals surface area contributed by atoms with Gasteiger partial charge in [-0.2, -0.15) is 0 Å². The molecule has 0 aromatic heterocycles. The van der Waals surface area contributed by atoms with Gasteiger partial charge in [-0.3, -0.25) is 14.5 Å². The van der Waals surface area contributed by atoms with Crippen LogP contribution in [0.3, 0.4) is 0 Å². The lowest BCUT2D eigenvalue weighted by Gasteiger charge is -2.60. The van der Waals surface area contributed by atoms with Crippen LogP contribution in [0.4, 0.5) is 0 Å². The highest BCUT2D eigenvalue weighted by Crippen LogP contribution is 2.65. The molecule has 2 aliphatic carbocycles. The van der Waals surface area contributed by atoms with Crippen LogP contribution < -0.4 is 9.47 Å². The predicted molar refractivity (Wildman–Crippen MR) is 185 cm³/mol. The molecule has 48 heavy (non-hydrogen) atoms. The highest BCUT2D eigenvalue weighted by Gasteiger charge is 2.67. The molecule has 1 saturated carbocycles. The van der Waals surface area contributed by atoms with Crippen molar-refractivity contribution in [2.75, 3.05) is 19.6 Å². The molecule has 2 aliphatic heterocycles. The van der Waals surface area contributed by atoms with Crippen LogP contribution in [0.2, 0.25) is 0 Å². The van der Waals surface area contributed by atoms with E-state index in [-0.39, 0.29) is 47.4 Å². The number of aromatic hydroxyl groups is 1. The van der Waals surface area contributed by atoms with Crippen LogP contribution >= 0.6 is 0 Å². The molecule has 0 unspecified atom stereocenters. The number of phenols is 1. The molecule has 3 aromatic rings. The van der Waals surface area contributed by atoms with E-state index in [1.165, 1.54) is 18.1 Å². The number of carbonyl (C=O) groups excluding carboxylic acids is 2. The molecule has 250 valence electrons. The van der Waals surface area contributed by atoms with Crippen LogP contribution in [-0.2, 0) is 27.8 Å². The van der Waals surface area contributed by atoms with Crippen LogP contribution in [0.1, 0.15) is 73.4 Å². The fourth-order valence-corrected chi connectivity index (χ4v) is 9.17. The van der Waals surface area contributed by atoms with E-state index in [4.69, 9.17) is 9.47 Å². The average Bonchev–Trinajstić information content (AvgIpc) is 3.40. The number of phenolic OH excluding ortho intramolecular Hbond substituents is 1. The number of aryl methyl sites for hydroxylation is 2. The molecule has 3 aromatic carbocycles. The van der Waals surface area contributed by atoms with Crippen LogP contribution in [0, 0.1) is 37.5 Å². The van der Waals surface area contributed by atoms with Gasteiger partial charge in [-0.05, 0) is 93.2 Å². The van der Waals surface area contributed by atoms with E-state index in [0.717, 1.165) is 61.0 Å². The van der Waals surface area contributed by atoms with E-state index >= 15 is 0 Å². The van der Waals surface area contributed by atoms with Gasteiger partial charge in [-0.25, -0.2) is 0 Å². The van der Waals surface area contributed by atoms with E-state index in [9.17, 15) is 14.7 Å². The molecule has 1 N–H and O–H groups in total. The van der Waals surface area contributed by atoms with Gasteiger partial charge < -0.3 is 19.5 Å². The van der Waals surface area contributed by atoms with Gasteiger partial charge in [0.1, 0.15) is 11.9 Å². The van der Waals surface area contributed by atoms with Crippen molar-refractivity contribution in [3.63, 3.8) is 0 Å². The van der Waals surface area contributed by atoms with Crippen LogP contribution in [0.5, 0.6) is 17.2 Å². The summed E-state index contributed by atoms with van der Waals surface area (Å²) < 4.78 is 12.7. The maximum Gasteiger partial charge on any atom is 0.308 e. The van der Waals surface area contributed by atoms with E-state index in [1.807, 2.05) is 23.1 Å². The largest absolute Gasteiger partial charge is 0.508 e. The van der Waals surface area contributed by atoms with E-state index < -0.39 is 11.4 Å². The lowest BCUT2D eigenvalue weighted by atomic mass is 9.50. The normalized spacial score (nSPS) is 25.0. The molecule has 2 fully saturated rings. The Bertz CT molecular complexity index is 1810. The SMILES string of the molecule is CC(=O)Oc1cc(O)c2c3c1O[C@H]1[C@@H](N(CC(C)C)C(=O)C#Cc4ccc(C)c(C)c4)CC[C@H]4[C@@H](C2)N(CCc2ccccc2)CC[C@@]341. The number of piperidine rings is 1. The molecule has 5 atom stereocenters. The van der Waals surface area contributed by atoms with E-state index in [2.05, 4.69) is 74.8 Å². The molecule has 2 heterocycles.